The number of fused-ring (bicyclic) bond motifs is 1. The average Bonchev–Trinajstić information content (AvgIpc) is 3.22. The van der Waals surface area contributed by atoms with Crippen LogP contribution in [0.15, 0.2) is 71.4 Å². The fourth-order valence-corrected chi connectivity index (χ4v) is 3.21. The van der Waals surface area contributed by atoms with Crippen molar-refractivity contribution in [1.82, 2.24) is 9.97 Å². The van der Waals surface area contributed by atoms with Gasteiger partial charge in [0.2, 0.25) is 0 Å². The Balaban J connectivity index is 1.45. The summed E-state index contributed by atoms with van der Waals surface area (Å²) in [5.41, 5.74) is 3.37. The summed E-state index contributed by atoms with van der Waals surface area (Å²) in [4.78, 5) is 30.9. The predicted molar refractivity (Wildman–Crippen MR) is 123 cm³/mol. The molecule has 2 heterocycles. The molecule has 2 aromatic carbocycles. The fraction of sp³-hybridized carbons (Fsp3) is 0.167. The minimum absolute atomic E-state index is 0.0503. The normalized spacial score (nSPS) is 11.6. The zero-order valence-corrected chi connectivity index (χ0v) is 17.6. The third-order valence-electron chi connectivity index (χ3n) is 4.78. The van der Waals surface area contributed by atoms with Crippen LogP contribution >= 0.6 is 0 Å². The maximum atomic E-state index is 11.8. The zero-order chi connectivity index (χ0) is 23.0. The van der Waals surface area contributed by atoms with Crippen LogP contribution in [0, 0.1) is 0 Å². The summed E-state index contributed by atoms with van der Waals surface area (Å²) in [7, 11) is 0. The topological polar surface area (TPSA) is 127 Å². The third kappa shape index (κ3) is 5.85. The highest BCUT2D eigenvalue weighted by molar-refractivity contribution is 5.78. The maximum absolute atomic E-state index is 11.8. The number of pyridine rings is 1. The predicted octanol–water partition coefficient (Wildman–Crippen LogP) is 4.56. The van der Waals surface area contributed by atoms with Crippen molar-refractivity contribution in [2.75, 3.05) is 17.2 Å². The van der Waals surface area contributed by atoms with E-state index in [1.165, 1.54) is 0 Å². The average molecular weight is 446 g/mol. The molecule has 0 aliphatic heterocycles. The number of hydrogen-bond donors (Lipinski definition) is 3. The minimum atomic E-state index is -0.855. The van der Waals surface area contributed by atoms with Crippen molar-refractivity contribution >= 4 is 40.7 Å². The second kappa shape index (κ2) is 10.3. The number of anilines is 3. The van der Waals surface area contributed by atoms with E-state index in [2.05, 4.69) is 20.6 Å². The monoisotopic (exact) mass is 446 g/mol. The Hall–Kier alpha value is -4.40. The van der Waals surface area contributed by atoms with E-state index in [0.717, 1.165) is 12.0 Å². The van der Waals surface area contributed by atoms with Crippen molar-refractivity contribution < 1.29 is 23.8 Å². The SMILES string of the molecule is O=CC(Nc1cccc(OCCCC(=O)O)c1)c1ccc2nc(Nc3cccnc3)oc2c1. The number of nitrogens with one attached hydrogen (secondary N) is 2. The molecule has 9 nitrogen and oxygen atoms in total. The lowest BCUT2D eigenvalue weighted by molar-refractivity contribution is -0.137. The number of rotatable bonds is 11. The zero-order valence-electron chi connectivity index (χ0n) is 17.6. The van der Waals surface area contributed by atoms with Gasteiger partial charge in [-0.15, -0.1) is 0 Å². The first kappa shape index (κ1) is 21.8. The summed E-state index contributed by atoms with van der Waals surface area (Å²) >= 11 is 0. The Morgan fingerprint density at radius 1 is 1.15 bits per heavy atom. The van der Waals surface area contributed by atoms with E-state index in [1.807, 2.05) is 18.2 Å². The molecule has 4 rings (SSSR count). The second-order valence-corrected chi connectivity index (χ2v) is 7.24. The van der Waals surface area contributed by atoms with Crippen LogP contribution < -0.4 is 15.4 Å². The molecule has 0 saturated heterocycles. The number of hydrogen-bond acceptors (Lipinski definition) is 8. The van der Waals surface area contributed by atoms with Crippen molar-refractivity contribution in [3.63, 3.8) is 0 Å². The number of carboxylic acids is 1. The Kier molecular flexibility index (Phi) is 6.79. The van der Waals surface area contributed by atoms with Crippen molar-refractivity contribution in [3.8, 4) is 5.75 Å². The first-order chi connectivity index (χ1) is 16.1. The maximum Gasteiger partial charge on any atom is 0.303 e. The molecule has 0 bridgehead atoms. The summed E-state index contributed by atoms with van der Waals surface area (Å²) in [5.74, 6) is -0.265. The van der Waals surface area contributed by atoms with Crippen molar-refractivity contribution in [2.45, 2.75) is 18.9 Å². The number of aliphatic carboxylic acids is 1. The molecule has 0 radical (unpaired) electrons. The van der Waals surface area contributed by atoms with Crippen LogP contribution in [-0.2, 0) is 9.59 Å². The van der Waals surface area contributed by atoms with Crippen molar-refractivity contribution in [2.24, 2.45) is 0 Å². The second-order valence-electron chi connectivity index (χ2n) is 7.24. The highest BCUT2D eigenvalue weighted by Gasteiger charge is 2.14. The minimum Gasteiger partial charge on any atom is -0.494 e. The molecule has 168 valence electrons. The first-order valence-electron chi connectivity index (χ1n) is 10.3. The van der Waals surface area contributed by atoms with Gasteiger partial charge in [-0.05, 0) is 48.4 Å². The number of aldehydes is 1. The van der Waals surface area contributed by atoms with Gasteiger partial charge in [0.15, 0.2) is 5.58 Å². The van der Waals surface area contributed by atoms with Gasteiger partial charge < -0.3 is 29.7 Å². The summed E-state index contributed by atoms with van der Waals surface area (Å²) in [6.07, 6.45) is 4.62. The number of oxazole rings is 1. The Labute approximate surface area is 189 Å². The third-order valence-corrected chi connectivity index (χ3v) is 4.78. The van der Waals surface area contributed by atoms with Gasteiger partial charge in [-0.1, -0.05) is 12.1 Å². The number of carbonyl (C=O) groups is 2. The first-order valence-corrected chi connectivity index (χ1v) is 10.3. The lowest BCUT2D eigenvalue weighted by atomic mass is 10.1. The molecule has 33 heavy (non-hydrogen) atoms. The molecule has 9 heteroatoms. The number of carbonyl (C=O) groups excluding carboxylic acids is 1. The summed E-state index contributed by atoms with van der Waals surface area (Å²) in [6.45, 7) is 0.296. The molecule has 3 N–H and O–H groups in total. The van der Waals surface area contributed by atoms with Gasteiger partial charge in [0.25, 0.3) is 6.01 Å². The van der Waals surface area contributed by atoms with Crippen LogP contribution in [0.3, 0.4) is 0 Å². The van der Waals surface area contributed by atoms with Crippen molar-refractivity contribution in [1.29, 1.82) is 0 Å². The van der Waals surface area contributed by atoms with E-state index in [-0.39, 0.29) is 6.42 Å². The number of benzene rings is 2. The largest absolute Gasteiger partial charge is 0.494 e. The van der Waals surface area contributed by atoms with E-state index in [9.17, 15) is 9.59 Å². The van der Waals surface area contributed by atoms with Crippen LogP contribution in [0.4, 0.5) is 17.4 Å². The molecule has 0 aliphatic carbocycles. The van der Waals surface area contributed by atoms with Gasteiger partial charge >= 0.3 is 5.97 Å². The molecule has 0 spiro atoms. The van der Waals surface area contributed by atoms with Gasteiger partial charge in [-0.2, -0.15) is 4.98 Å². The number of ether oxygens (including phenoxy) is 1. The van der Waals surface area contributed by atoms with Gasteiger partial charge in [-0.3, -0.25) is 9.78 Å². The molecule has 0 fully saturated rings. The highest BCUT2D eigenvalue weighted by Crippen LogP contribution is 2.27. The van der Waals surface area contributed by atoms with Crippen LogP contribution in [-0.4, -0.2) is 33.9 Å². The van der Waals surface area contributed by atoms with E-state index in [0.29, 0.717) is 47.1 Å². The molecule has 0 saturated carbocycles. The molecular formula is C24H22N4O5. The molecule has 4 aromatic rings. The molecule has 1 unspecified atom stereocenters. The van der Waals surface area contributed by atoms with Crippen LogP contribution in [0.1, 0.15) is 24.4 Å². The van der Waals surface area contributed by atoms with Crippen molar-refractivity contribution in [3.05, 3.63) is 72.6 Å². The summed E-state index contributed by atoms with van der Waals surface area (Å²) in [6, 6.07) is 15.9. The standard InChI is InChI=1S/C24H22N4O5/c29-15-21(26-17-4-1-6-19(13-17)32-11-3-7-23(30)31)16-8-9-20-22(12-16)33-24(28-20)27-18-5-2-10-25-14-18/h1-2,4-6,8-10,12-15,21,26H,3,7,11H2,(H,27,28)(H,30,31). The van der Waals surface area contributed by atoms with E-state index in [1.54, 1.807) is 48.8 Å². The lowest BCUT2D eigenvalue weighted by Crippen LogP contribution is -2.12. The van der Waals surface area contributed by atoms with E-state index >= 15 is 0 Å². The van der Waals surface area contributed by atoms with Crippen LogP contribution in [0.25, 0.3) is 11.1 Å². The Morgan fingerprint density at radius 2 is 2.03 bits per heavy atom. The Morgan fingerprint density at radius 3 is 2.82 bits per heavy atom. The van der Waals surface area contributed by atoms with Gasteiger partial charge in [-0.25, -0.2) is 0 Å². The highest BCUT2D eigenvalue weighted by atomic mass is 16.5. The summed E-state index contributed by atoms with van der Waals surface area (Å²) < 4.78 is 11.4. The summed E-state index contributed by atoms with van der Waals surface area (Å²) in [5, 5.41) is 14.9. The molecule has 2 aromatic heterocycles. The fourth-order valence-electron chi connectivity index (χ4n) is 3.21. The number of aromatic nitrogens is 2. The van der Waals surface area contributed by atoms with Gasteiger partial charge in [0.1, 0.15) is 23.6 Å². The van der Waals surface area contributed by atoms with Gasteiger partial charge in [0.05, 0.1) is 18.5 Å². The van der Waals surface area contributed by atoms with Crippen LogP contribution in [0.2, 0.25) is 0 Å². The quantitative estimate of drug-likeness (QED) is 0.224. The van der Waals surface area contributed by atoms with E-state index in [4.69, 9.17) is 14.3 Å². The smallest absolute Gasteiger partial charge is 0.303 e. The molecule has 1 atom stereocenters. The van der Waals surface area contributed by atoms with Gasteiger partial charge in [0, 0.05) is 24.4 Å². The molecule has 0 amide bonds. The Bertz CT molecular complexity index is 1240. The molecular weight excluding hydrogens is 424 g/mol. The molecule has 0 aliphatic rings. The lowest BCUT2D eigenvalue weighted by Gasteiger charge is -2.15. The van der Waals surface area contributed by atoms with Crippen LogP contribution in [0.5, 0.6) is 5.75 Å². The van der Waals surface area contributed by atoms with E-state index < -0.39 is 12.0 Å². The number of carboxylic acid groups (broad SMARTS) is 1. The number of nitrogens with zero attached hydrogens (tertiary/aromatic N) is 2.